The number of rotatable bonds is 4. The molecule has 0 atom stereocenters. The summed E-state index contributed by atoms with van der Waals surface area (Å²) in [6, 6.07) is 36.8. The van der Waals surface area contributed by atoms with Crippen molar-refractivity contribution >= 4 is 6.48 Å². The first-order valence-corrected chi connectivity index (χ1v) is 16.7. The van der Waals surface area contributed by atoms with Crippen LogP contribution < -0.4 is 28.1 Å². The molecule has 2 aliphatic carbocycles. The summed E-state index contributed by atoms with van der Waals surface area (Å²) in [5.41, 5.74) is 10.2. The number of fused-ring (bicyclic) bond motifs is 3. The molecule has 3 heteroatoms. The van der Waals surface area contributed by atoms with Crippen molar-refractivity contribution in [1.29, 1.82) is 0 Å². The minimum atomic E-state index is -2.54. The Bertz CT molecular complexity index is 1540. The van der Waals surface area contributed by atoms with Crippen LogP contribution in [-0.4, -0.2) is 3.21 Å². The Hall–Kier alpha value is -2.31. The van der Waals surface area contributed by atoms with Crippen molar-refractivity contribution in [3.63, 3.8) is 0 Å². The molecule has 2 aliphatic rings. The van der Waals surface area contributed by atoms with Gasteiger partial charge in [0.2, 0.25) is 0 Å². The average Bonchev–Trinajstić information content (AvgIpc) is 3.56. The maximum atomic E-state index is 2.46. The van der Waals surface area contributed by atoms with E-state index in [4.69, 9.17) is 0 Å². The van der Waals surface area contributed by atoms with Crippen molar-refractivity contribution in [2.75, 3.05) is 0 Å². The SMILES string of the molecule is CC(C)(C)c1ccc(/[C](c2ccccc2)=[Zr+2](/[C]2=CC=CC2)[c]2cccc3c2Cc2ccccc2-3)cc1.[Cl-].[Cl-]. The van der Waals surface area contributed by atoms with E-state index in [2.05, 4.69) is 136 Å². The van der Waals surface area contributed by atoms with Crippen molar-refractivity contribution in [2.24, 2.45) is 0 Å². The molecule has 0 fully saturated rings. The van der Waals surface area contributed by atoms with Gasteiger partial charge in [-0.1, -0.05) is 0 Å². The Morgan fingerprint density at radius 1 is 0.684 bits per heavy atom. The third kappa shape index (κ3) is 5.40. The molecule has 0 saturated heterocycles. The van der Waals surface area contributed by atoms with Gasteiger partial charge < -0.3 is 24.8 Å². The van der Waals surface area contributed by atoms with Gasteiger partial charge in [-0.15, -0.1) is 0 Å². The van der Waals surface area contributed by atoms with Gasteiger partial charge in [0.25, 0.3) is 0 Å². The van der Waals surface area contributed by atoms with Crippen LogP contribution in [0, 0.1) is 0 Å². The summed E-state index contributed by atoms with van der Waals surface area (Å²) in [4.78, 5) is 0. The molecule has 6 rings (SSSR count). The van der Waals surface area contributed by atoms with E-state index in [0.717, 1.165) is 12.8 Å². The minimum absolute atomic E-state index is 0. The van der Waals surface area contributed by atoms with E-state index in [1.165, 1.54) is 33.4 Å². The number of allylic oxidation sites excluding steroid dienone is 4. The molecule has 190 valence electrons. The van der Waals surface area contributed by atoms with Crippen LogP contribution in [0.15, 0.2) is 119 Å². The first kappa shape index (κ1) is 28.7. The Kier molecular flexibility index (Phi) is 8.94. The maximum Gasteiger partial charge on any atom is -1.00 e. The number of hydrogen-bond acceptors (Lipinski definition) is 0. The van der Waals surface area contributed by atoms with Gasteiger partial charge in [0, 0.05) is 0 Å². The Morgan fingerprint density at radius 2 is 1.34 bits per heavy atom. The quantitative estimate of drug-likeness (QED) is 0.291. The molecule has 0 spiro atoms. The largest absolute Gasteiger partial charge is 1.00 e. The van der Waals surface area contributed by atoms with Gasteiger partial charge in [-0.3, -0.25) is 0 Å². The van der Waals surface area contributed by atoms with E-state index < -0.39 is 21.3 Å². The summed E-state index contributed by atoms with van der Waals surface area (Å²) >= 11 is -2.54. The second-order valence-corrected chi connectivity index (χ2v) is 16.9. The monoisotopic (exact) mass is 612 g/mol. The van der Waals surface area contributed by atoms with Crippen molar-refractivity contribution < 1.29 is 46.1 Å². The van der Waals surface area contributed by atoms with Gasteiger partial charge in [-0.05, 0) is 0 Å². The fourth-order valence-corrected chi connectivity index (χ4v) is 13.6. The van der Waals surface area contributed by atoms with Crippen LogP contribution in [0.4, 0.5) is 0 Å². The summed E-state index contributed by atoms with van der Waals surface area (Å²) in [6.07, 6.45) is 9.19. The zero-order valence-electron chi connectivity index (χ0n) is 22.1. The molecule has 0 saturated carbocycles. The molecular formula is C35H32Cl2Zr. The van der Waals surface area contributed by atoms with Gasteiger partial charge >= 0.3 is 224 Å². The fourth-order valence-electron chi connectivity index (χ4n) is 5.69. The molecule has 0 bridgehead atoms. The van der Waals surface area contributed by atoms with Gasteiger partial charge in [-0.2, -0.15) is 0 Å². The molecule has 0 N–H and O–H groups in total. The summed E-state index contributed by atoms with van der Waals surface area (Å²) in [6.45, 7) is 6.89. The summed E-state index contributed by atoms with van der Waals surface area (Å²) in [7, 11) is 0. The van der Waals surface area contributed by atoms with Gasteiger partial charge in [-0.25, -0.2) is 0 Å². The van der Waals surface area contributed by atoms with Gasteiger partial charge in [0.15, 0.2) is 0 Å². The molecule has 0 nitrogen and oxygen atoms in total. The van der Waals surface area contributed by atoms with Gasteiger partial charge in [0.05, 0.1) is 0 Å². The number of benzene rings is 4. The van der Waals surface area contributed by atoms with Crippen LogP contribution >= 0.6 is 0 Å². The molecule has 38 heavy (non-hydrogen) atoms. The van der Waals surface area contributed by atoms with Crippen LogP contribution in [0.2, 0.25) is 0 Å². The molecule has 0 radical (unpaired) electrons. The summed E-state index contributed by atoms with van der Waals surface area (Å²) in [5.74, 6) is 0. The molecule has 0 aromatic heterocycles. The average molecular weight is 615 g/mol. The van der Waals surface area contributed by atoms with Crippen LogP contribution in [-0.2, 0) is 33.1 Å². The maximum absolute atomic E-state index is 2.54. The normalized spacial score (nSPS) is 13.6. The third-order valence-electron chi connectivity index (χ3n) is 7.56. The van der Waals surface area contributed by atoms with Gasteiger partial charge in [0.1, 0.15) is 0 Å². The van der Waals surface area contributed by atoms with E-state index in [1.807, 2.05) is 0 Å². The zero-order valence-corrected chi connectivity index (χ0v) is 26.1. The molecule has 0 heterocycles. The van der Waals surface area contributed by atoms with E-state index in [1.54, 1.807) is 15.3 Å². The topological polar surface area (TPSA) is 0 Å². The molecule has 0 unspecified atom stereocenters. The van der Waals surface area contributed by atoms with E-state index >= 15 is 0 Å². The predicted octanol–water partition coefficient (Wildman–Crippen LogP) is 1.92. The van der Waals surface area contributed by atoms with E-state index in [9.17, 15) is 0 Å². The number of hydrogen-bond donors (Lipinski definition) is 0. The van der Waals surface area contributed by atoms with Crippen LogP contribution in [0.1, 0.15) is 55.0 Å². The first-order chi connectivity index (χ1) is 17.5. The van der Waals surface area contributed by atoms with Crippen molar-refractivity contribution in [1.82, 2.24) is 0 Å². The van der Waals surface area contributed by atoms with Crippen LogP contribution in [0.3, 0.4) is 0 Å². The Morgan fingerprint density at radius 3 is 2.03 bits per heavy atom. The molecule has 0 aliphatic heterocycles. The molecule has 0 amide bonds. The van der Waals surface area contributed by atoms with E-state index in [0.29, 0.717) is 0 Å². The van der Waals surface area contributed by atoms with Crippen molar-refractivity contribution in [2.45, 2.75) is 39.0 Å². The molecule has 4 aromatic carbocycles. The third-order valence-corrected chi connectivity index (χ3v) is 15.2. The Labute approximate surface area is 247 Å². The minimum Gasteiger partial charge on any atom is -1.00 e. The zero-order chi connectivity index (χ0) is 24.7. The smallest absolute Gasteiger partial charge is 1.00 e. The summed E-state index contributed by atoms with van der Waals surface area (Å²) < 4.78 is 4.90. The number of halogens is 2. The van der Waals surface area contributed by atoms with Crippen LogP contribution in [0.25, 0.3) is 11.1 Å². The van der Waals surface area contributed by atoms with Crippen molar-refractivity contribution in [3.05, 3.63) is 146 Å². The van der Waals surface area contributed by atoms with E-state index in [-0.39, 0.29) is 30.2 Å². The Balaban J connectivity index is 0.00000168. The van der Waals surface area contributed by atoms with Crippen LogP contribution in [0.5, 0.6) is 0 Å². The predicted molar refractivity (Wildman–Crippen MR) is 151 cm³/mol. The molecular weight excluding hydrogens is 583 g/mol. The summed E-state index contributed by atoms with van der Waals surface area (Å²) in [5, 5.41) is 0. The first-order valence-electron chi connectivity index (χ1n) is 13.0. The second kappa shape index (κ2) is 11.8. The second-order valence-electron chi connectivity index (χ2n) is 10.9. The molecule has 4 aromatic rings. The fraction of sp³-hybridized carbons (Fsp3) is 0.171. The standard InChI is InChI=1S/C17H18.C13H9.C5H5.2ClH.Zr/c1-17(2,3)16-11-9-15(10-12-16)13-14-7-5-4-6-8-14;1-3-7-12-10(5-1)9-11-6-2-4-8-13(11)12;1-2-4-5-3-1;;;/h4-12H,1-3H3;1-5,7-8H,9H2;1-3H,4H2;2*1H;/q;;;;;+2/p-2. The van der Waals surface area contributed by atoms with Crippen molar-refractivity contribution in [3.8, 4) is 11.1 Å².